The Kier molecular flexibility index (Phi) is 7.90. The first-order chi connectivity index (χ1) is 16.9. The van der Waals surface area contributed by atoms with E-state index in [2.05, 4.69) is 15.2 Å². The standard InChI is InChI=1S/C13H10N4O4S2.C6H5NO5S/c18-17(19)9-4-3-5-10(8-9)23(20,21)16-15-13-14-11-6-1-2-7-12(11)22-13;8-7(9)5-2-1-3-6(4-5)13(10,11)12/h1-8,16H,(H,14,15);1-4H,(H,10,11,12). The van der Waals surface area contributed by atoms with Crippen molar-refractivity contribution in [3.05, 3.63) is 93.0 Å². The number of nitrogens with one attached hydrogen (secondary N) is 3. The minimum atomic E-state index is -4.61. The Morgan fingerprint density at radius 2 is 1.33 bits per heavy atom. The molecule has 4 rings (SSSR count). The van der Waals surface area contributed by atoms with Crippen molar-refractivity contribution < 1.29 is 36.2 Å². The van der Waals surface area contributed by atoms with Crippen LogP contribution in [-0.4, -0.2) is 31.2 Å². The molecule has 3 N–H and O–H groups in total. The summed E-state index contributed by atoms with van der Waals surface area (Å²) in [5, 5.41) is 21.4. The summed E-state index contributed by atoms with van der Waals surface area (Å²) in [4.78, 5) is 23.9. The van der Waals surface area contributed by atoms with Crippen molar-refractivity contribution in [1.82, 2.24) is 4.83 Å². The van der Waals surface area contributed by atoms with Gasteiger partial charge >= 0.3 is 5.13 Å². The summed E-state index contributed by atoms with van der Waals surface area (Å²) in [6, 6.07) is 16.3. The molecule has 0 aliphatic heterocycles. The van der Waals surface area contributed by atoms with Gasteiger partial charge in [-0.05, 0) is 40.4 Å². The molecule has 1 heterocycles. The number of anilines is 1. The average molecular weight is 554 g/mol. The zero-order chi connectivity index (χ0) is 26.5. The Morgan fingerprint density at radius 3 is 1.89 bits per heavy atom. The lowest BCUT2D eigenvalue weighted by atomic mass is 10.3. The number of nitro groups is 2. The zero-order valence-corrected chi connectivity index (χ0v) is 20.2. The van der Waals surface area contributed by atoms with Crippen LogP contribution >= 0.6 is 11.3 Å². The predicted molar refractivity (Wildman–Crippen MR) is 126 cm³/mol. The van der Waals surface area contributed by atoms with E-state index < -0.39 is 40.6 Å². The third-order valence-corrected chi connectivity index (χ3v) is 7.36. The van der Waals surface area contributed by atoms with Crippen LogP contribution < -0.4 is 15.2 Å². The molecule has 0 bridgehead atoms. The van der Waals surface area contributed by atoms with Crippen molar-refractivity contribution in [1.29, 1.82) is 0 Å². The summed E-state index contributed by atoms with van der Waals surface area (Å²) in [7, 11) is -8.54. The Hall–Kier alpha value is -4.03. The smallest absolute Gasteiger partial charge is 0.351 e. The third kappa shape index (κ3) is 6.77. The van der Waals surface area contributed by atoms with E-state index in [0.717, 1.165) is 40.5 Å². The van der Waals surface area contributed by atoms with Crippen molar-refractivity contribution in [2.24, 2.45) is 0 Å². The number of aromatic amines is 1. The summed E-state index contributed by atoms with van der Waals surface area (Å²) in [6.07, 6.45) is 0. The monoisotopic (exact) mass is 553 g/mol. The third-order valence-electron chi connectivity index (χ3n) is 4.30. The van der Waals surface area contributed by atoms with E-state index in [4.69, 9.17) is 0 Å². The Bertz CT molecular complexity index is 1620. The number of hydrazine groups is 1. The van der Waals surface area contributed by atoms with Gasteiger partial charge in [0.1, 0.15) is 15.6 Å². The van der Waals surface area contributed by atoms with Crippen LogP contribution in [0.25, 0.3) is 10.2 Å². The molecular formula is C19H15N5O9S3. The van der Waals surface area contributed by atoms with Gasteiger partial charge in [-0.25, -0.2) is 21.8 Å². The summed E-state index contributed by atoms with van der Waals surface area (Å²) in [5.41, 5.74) is 2.74. The van der Waals surface area contributed by atoms with E-state index >= 15 is 0 Å². The minimum Gasteiger partial charge on any atom is -0.744 e. The van der Waals surface area contributed by atoms with Crippen LogP contribution in [0, 0.1) is 20.2 Å². The second-order valence-corrected chi connectivity index (χ2v) is 10.9. The molecule has 3 aromatic carbocycles. The van der Waals surface area contributed by atoms with Gasteiger partial charge in [-0.15, -0.1) is 0 Å². The molecular weight excluding hydrogens is 538 g/mol. The molecule has 1 aromatic heterocycles. The fraction of sp³-hybridized carbons (Fsp3) is 0. The van der Waals surface area contributed by atoms with Crippen LogP contribution in [0.15, 0.2) is 82.6 Å². The summed E-state index contributed by atoms with van der Waals surface area (Å²) < 4.78 is 56.6. The zero-order valence-electron chi connectivity index (χ0n) is 17.7. The number of thiazole rings is 1. The maximum Gasteiger partial charge on any atom is 0.351 e. The number of rotatable bonds is 7. The summed E-state index contributed by atoms with van der Waals surface area (Å²) in [5.74, 6) is 0. The molecule has 14 nitrogen and oxygen atoms in total. The quantitative estimate of drug-likeness (QED) is 0.193. The second-order valence-electron chi connectivity index (χ2n) is 6.75. The van der Waals surface area contributed by atoms with Gasteiger partial charge in [-0.2, -0.15) is 5.43 Å². The molecule has 0 saturated heterocycles. The number of fused-ring (bicyclic) bond motifs is 1. The lowest BCUT2D eigenvalue weighted by Crippen LogP contribution is -2.31. The van der Waals surface area contributed by atoms with Gasteiger partial charge < -0.3 is 4.55 Å². The lowest BCUT2D eigenvalue weighted by Gasteiger charge is -2.05. The van der Waals surface area contributed by atoms with Crippen molar-refractivity contribution in [3.63, 3.8) is 0 Å². The number of nitrogens with zero attached hydrogens (tertiary/aromatic N) is 2. The van der Waals surface area contributed by atoms with E-state index in [1.807, 2.05) is 24.3 Å². The van der Waals surface area contributed by atoms with Gasteiger partial charge in [0.25, 0.3) is 21.4 Å². The number of benzene rings is 3. The summed E-state index contributed by atoms with van der Waals surface area (Å²) >= 11 is 1.34. The molecule has 36 heavy (non-hydrogen) atoms. The number of non-ortho nitro benzene ring substituents is 2. The van der Waals surface area contributed by atoms with E-state index in [-0.39, 0.29) is 10.6 Å². The first-order valence-electron chi connectivity index (χ1n) is 9.50. The van der Waals surface area contributed by atoms with Crippen LogP contribution in [0.1, 0.15) is 0 Å². The number of hydrogen-bond donors (Lipinski definition) is 2. The number of para-hydroxylation sites is 1. The van der Waals surface area contributed by atoms with Gasteiger partial charge in [-0.3, -0.25) is 20.2 Å². The van der Waals surface area contributed by atoms with Crippen LogP contribution in [0.5, 0.6) is 0 Å². The summed E-state index contributed by atoms with van der Waals surface area (Å²) in [6.45, 7) is 0. The molecule has 0 unspecified atom stereocenters. The van der Waals surface area contributed by atoms with Crippen molar-refractivity contribution in [2.75, 3.05) is 5.43 Å². The number of aromatic nitrogens is 1. The molecule has 0 aliphatic carbocycles. The van der Waals surface area contributed by atoms with Crippen molar-refractivity contribution in [2.45, 2.75) is 9.79 Å². The molecule has 0 radical (unpaired) electrons. The van der Waals surface area contributed by atoms with Crippen LogP contribution in [-0.2, 0) is 20.1 Å². The van der Waals surface area contributed by atoms with E-state index in [1.165, 1.54) is 29.5 Å². The highest BCUT2D eigenvalue weighted by Crippen LogP contribution is 2.22. The minimum absolute atomic E-state index is 0.194. The van der Waals surface area contributed by atoms with Gasteiger partial charge in [0.2, 0.25) is 0 Å². The Labute approximate surface area is 207 Å². The Morgan fingerprint density at radius 1 is 0.778 bits per heavy atom. The molecule has 0 saturated carbocycles. The normalized spacial score (nSPS) is 11.4. The molecule has 0 atom stereocenters. The lowest BCUT2D eigenvalue weighted by molar-refractivity contribution is -0.385. The first kappa shape index (κ1) is 26.6. The molecule has 17 heteroatoms. The van der Waals surface area contributed by atoms with E-state index in [9.17, 15) is 41.6 Å². The average Bonchev–Trinajstić information content (AvgIpc) is 3.26. The highest BCUT2D eigenvalue weighted by molar-refractivity contribution is 7.89. The highest BCUT2D eigenvalue weighted by atomic mass is 32.2. The fourth-order valence-corrected chi connectivity index (χ4v) is 4.98. The van der Waals surface area contributed by atoms with E-state index in [0.29, 0.717) is 5.13 Å². The molecule has 0 spiro atoms. The predicted octanol–water partition coefficient (Wildman–Crippen LogP) is 2.43. The number of H-pyrrole nitrogens is 1. The van der Waals surface area contributed by atoms with Gasteiger partial charge in [-0.1, -0.05) is 24.3 Å². The van der Waals surface area contributed by atoms with Crippen molar-refractivity contribution in [3.8, 4) is 0 Å². The maximum atomic E-state index is 12.2. The maximum absolute atomic E-state index is 12.2. The van der Waals surface area contributed by atoms with Gasteiger partial charge in [0.05, 0.1) is 24.3 Å². The molecule has 188 valence electrons. The van der Waals surface area contributed by atoms with Crippen molar-refractivity contribution >= 4 is 58.2 Å². The molecule has 0 fully saturated rings. The van der Waals surface area contributed by atoms with Gasteiger partial charge in [0.15, 0.2) is 0 Å². The number of nitro benzene ring substituents is 2. The topological polar surface area (TPSA) is 216 Å². The SMILES string of the molecule is O=[N+]([O-])c1cccc(S(=O)(=O)NNc2[nH+]c3ccccc3s2)c1.O=[N+]([O-])c1cccc(S(=O)(=O)[O-])c1. The Balaban J connectivity index is 0.000000236. The van der Waals surface area contributed by atoms with Crippen LogP contribution in [0.4, 0.5) is 16.5 Å². The van der Waals surface area contributed by atoms with E-state index in [1.54, 1.807) is 0 Å². The molecule has 0 amide bonds. The molecule has 0 aliphatic rings. The fourth-order valence-electron chi connectivity index (χ4n) is 2.66. The first-order valence-corrected chi connectivity index (χ1v) is 13.2. The van der Waals surface area contributed by atoms with Crippen LogP contribution in [0.2, 0.25) is 0 Å². The number of hydrogen-bond acceptors (Lipinski definition) is 11. The second kappa shape index (κ2) is 10.7. The van der Waals surface area contributed by atoms with Gasteiger partial charge in [0, 0.05) is 24.3 Å². The van der Waals surface area contributed by atoms with Crippen LogP contribution in [0.3, 0.4) is 0 Å². The number of sulfonamides is 1. The molecule has 4 aromatic rings. The highest BCUT2D eigenvalue weighted by Gasteiger charge is 2.20. The largest absolute Gasteiger partial charge is 0.744 e.